The minimum absolute atomic E-state index is 0.380. The maximum absolute atomic E-state index is 6.32. The van der Waals surface area contributed by atoms with Gasteiger partial charge in [-0.1, -0.05) is 53.5 Å². The summed E-state index contributed by atoms with van der Waals surface area (Å²) in [7, 11) is 0. The van der Waals surface area contributed by atoms with Crippen molar-refractivity contribution in [2.45, 2.75) is 11.8 Å². The molecule has 0 saturated heterocycles. The minimum Gasteiger partial charge on any atom is -0.126 e. The molecule has 0 heterocycles. The Morgan fingerprint density at radius 3 is 1.95 bits per heavy atom. The Bertz CT molecular complexity index is 559. The lowest BCUT2D eigenvalue weighted by Gasteiger charge is -2.31. The molecule has 0 bridgehead atoms. The normalized spacial score (nSPS) is 11.6. The SMILES string of the molecule is ClCC(CCl)(Cc1ccc(Cl)cc1)c1ccccc1Cl. The summed E-state index contributed by atoms with van der Waals surface area (Å²) < 4.78 is 0. The van der Waals surface area contributed by atoms with Gasteiger partial charge in [0.15, 0.2) is 0 Å². The number of hydrogen-bond acceptors (Lipinski definition) is 0. The molecule has 0 amide bonds. The fourth-order valence-electron chi connectivity index (χ4n) is 2.25. The van der Waals surface area contributed by atoms with E-state index in [2.05, 4.69) is 0 Å². The summed E-state index contributed by atoms with van der Waals surface area (Å²) in [5.74, 6) is 0.811. The third-order valence-corrected chi connectivity index (χ3v) is 5.02. The smallest absolute Gasteiger partial charge is 0.0444 e. The van der Waals surface area contributed by atoms with Gasteiger partial charge in [-0.25, -0.2) is 0 Å². The molecule has 0 radical (unpaired) electrons. The van der Waals surface area contributed by atoms with Crippen LogP contribution in [0.5, 0.6) is 0 Å². The molecule has 0 aliphatic carbocycles. The molecular formula is C16H14Cl4. The van der Waals surface area contributed by atoms with Crippen molar-refractivity contribution in [3.8, 4) is 0 Å². The Kier molecular flexibility index (Phi) is 5.63. The molecule has 0 aliphatic heterocycles. The first-order valence-electron chi connectivity index (χ1n) is 6.23. The van der Waals surface area contributed by atoms with Crippen LogP contribution in [0.1, 0.15) is 11.1 Å². The van der Waals surface area contributed by atoms with Crippen molar-refractivity contribution in [2.24, 2.45) is 0 Å². The molecule has 0 aliphatic rings. The second-order valence-electron chi connectivity index (χ2n) is 4.83. The van der Waals surface area contributed by atoms with E-state index in [1.807, 2.05) is 48.5 Å². The van der Waals surface area contributed by atoms with Crippen LogP contribution >= 0.6 is 46.4 Å². The standard InChI is InChI=1S/C16H14Cl4/c17-10-16(11-18,14-3-1-2-4-15(14)20)9-12-5-7-13(19)8-6-12/h1-8H,9-11H2. The molecule has 0 nitrogen and oxygen atoms in total. The second-order valence-corrected chi connectivity index (χ2v) is 6.21. The Balaban J connectivity index is 2.39. The van der Waals surface area contributed by atoms with Crippen LogP contribution in [-0.4, -0.2) is 11.8 Å². The molecular weight excluding hydrogens is 334 g/mol. The summed E-state index contributed by atoms with van der Waals surface area (Å²) in [6.45, 7) is 0. The largest absolute Gasteiger partial charge is 0.126 e. The first kappa shape index (κ1) is 16.0. The number of benzene rings is 2. The molecule has 2 rings (SSSR count). The van der Waals surface area contributed by atoms with Crippen LogP contribution in [0.4, 0.5) is 0 Å². The molecule has 0 aromatic heterocycles. The highest BCUT2D eigenvalue weighted by Gasteiger charge is 2.32. The van der Waals surface area contributed by atoms with Gasteiger partial charge in [-0.3, -0.25) is 0 Å². The predicted octanol–water partition coefficient (Wildman–Crippen LogP) is 5.95. The summed E-state index contributed by atoms with van der Waals surface area (Å²) in [6, 6.07) is 15.4. The van der Waals surface area contributed by atoms with Gasteiger partial charge in [0.25, 0.3) is 0 Å². The lowest BCUT2D eigenvalue weighted by Crippen LogP contribution is -2.33. The van der Waals surface area contributed by atoms with Crippen molar-refractivity contribution >= 4 is 46.4 Å². The van der Waals surface area contributed by atoms with E-state index in [9.17, 15) is 0 Å². The number of halogens is 4. The molecule has 0 atom stereocenters. The molecule has 2 aromatic rings. The molecule has 0 fully saturated rings. The minimum atomic E-state index is -0.380. The van der Waals surface area contributed by atoms with E-state index in [1.165, 1.54) is 0 Å². The highest BCUT2D eigenvalue weighted by molar-refractivity contribution is 6.32. The van der Waals surface area contributed by atoms with Crippen LogP contribution < -0.4 is 0 Å². The van der Waals surface area contributed by atoms with Crippen molar-refractivity contribution in [1.29, 1.82) is 0 Å². The fraction of sp³-hybridized carbons (Fsp3) is 0.250. The molecule has 0 unspecified atom stereocenters. The first-order valence-corrected chi connectivity index (χ1v) is 8.05. The van der Waals surface area contributed by atoms with Gasteiger partial charge in [-0.15, -0.1) is 23.2 Å². The maximum atomic E-state index is 6.32. The number of rotatable bonds is 5. The highest BCUT2D eigenvalue weighted by Crippen LogP contribution is 2.36. The van der Waals surface area contributed by atoms with Crippen molar-refractivity contribution in [3.05, 3.63) is 69.7 Å². The number of alkyl halides is 2. The monoisotopic (exact) mass is 346 g/mol. The van der Waals surface area contributed by atoms with Gasteiger partial charge in [0.2, 0.25) is 0 Å². The molecule has 0 N–H and O–H groups in total. The summed E-state index contributed by atoms with van der Waals surface area (Å²) >= 11 is 24.7. The van der Waals surface area contributed by atoms with Crippen LogP contribution in [0.2, 0.25) is 10.0 Å². The van der Waals surface area contributed by atoms with E-state index in [-0.39, 0.29) is 5.41 Å². The molecule has 0 saturated carbocycles. The lowest BCUT2D eigenvalue weighted by molar-refractivity contribution is 0.536. The van der Waals surface area contributed by atoms with Gasteiger partial charge in [0, 0.05) is 27.2 Å². The van der Waals surface area contributed by atoms with Gasteiger partial charge < -0.3 is 0 Å². The highest BCUT2D eigenvalue weighted by atomic mass is 35.5. The maximum Gasteiger partial charge on any atom is 0.0444 e. The Morgan fingerprint density at radius 1 is 0.800 bits per heavy atom. The average molecular weight is 348 g/mol. The second kappa shape index (κ2) is 7.04. The zero-order valence-corrected chi connectivity index (χ0v) is 13.8. The van der Waals surface area contributed by atoms with Crippen LogP contribution in [0.25, 0.3) is 0 Å². The van der Waals surface area contributed by atoms with E-state index in [1.54, 1.807) is 0 Å². The van der Waals surface area contributed by atoms with Gasteiger partial charge in [-0.05, 0) is 35.7 Å². The first-order chi connectivity index (χ1) is 9.61. The molecule has 4 heteroatoms. The van der Waals surface area contributed by atoms with Gasteiger partial charge in [0.1, 0.15) is 0 Å². The van der Waals surface area contributed by atoms with Gasteiger partial charge in [0.05, 0.1) is 0 Å². The Morgan fingerprint density at radius 2 is 1.40 bits per heavy atom. The van der Waals surface area contributed by atoms with Crippen LogP contribution in [-0.2, 0) is 11.8 Å². The fourth-order valence-corrected chi connectivity index (χ4v) is 3.48. The Hall–Kier alpha value is -0.400. The molecule has 0 spiro atoms. The predicted molar refractivity (Wildman–Crippen MR) is 89.7 cm³/mol. The van der Waals surface area contributed by atoms with Gasteiger partial charge in [-0.2, -0.15) is 0 Å². The van der Waals surface area contributed by atoms with E-state index < -0.39 is 0 Å². The quantitative estimate of drug-likeness (QED) is 0.586. The summed E-state index contributed by atoms with van der Waals surface area (Å²) in [5.41, 5.74) is 1.74. The summed E-state index contributed by atoms with van der Waals surface area (Å²) in [4.78, 5) is 0. The van der Waals surface area contributed by atoms with Crippen molar-refractivity contribution < 1.29 is 0 Å². The Labute approximate surface area is 139 Å². The zero-order chi connectivity index (χ0) is 14.6. The van der Waals surface area contributed by atoms with Crippen molar-refractivity contribution in [3.63, 3.8) is 0 Å². The van der Waals surface area contributed by atoms with E-state index in [0.29, 0.717) is 21.8 Å². The lowest BCUT2D eigenvalue weighted by atomic mass is 9.78. The van der Waals surface area contributed by atoms with E-state index in [0.717, 1.165) is 17.5 Å². The zero-order valence-electron chi connectivity index (χ0n) is 10.8. The van der Waals surface area contributed by atoms with Crippen LogP contribution in [0, 0.1) is 0 Å². The van der Waals surface area contributed by atoms with Crippen LogP contribution in [0.3, 0.4) is 0 Å². The van der Waals surface area contributed by atoms with Gasteiger partial charge >= 0.3 is 0 Å². The summed E-state index contributed by atoms with van der Waals surface area (Å²) in [6.07, 6.45) is 0.723. The molecule has 20 heavy (non-hydrogen) atoms. The van der Waals surface area contributed by atoms with E-state index >= 15 is 0 Å². The summed E-state index contributed by atoms with van der Waals surface area (Å²) in [5, 5.41) is 1.41. The third kappa shape index (κ3) is 3.43. The number of hydrogen-bond donors (Lipinski definition) is 0. The average Bonchev–Trinajstić information content (AvgIpc) is 2.48. The van der Waals surface area contributed by atoms with Crippen molar-refractivity contribution in [2.75, 3.05) is 11.8 Å². The van der Waals surface area contributed by atoms with Crippen molar-refractivity contribution in [1.82, 2.24) is 0 Å². The molecule has 2 aromatic carbocycles. The topological polar surface area (TPSA) is 0 Å². The third-order valence-electron chi connectivity index (χ3n) is 3.41. The molecule has 106 valence electrons. The van der Waals surface area contributed by atoms with E-state index in [4.69, 9.17) is 46.4 Å². The van der Waals surface area contributed by atoms with Crippen LogP contribution in [0.15, 0.2) is 48.5 Å².